The van der Waals surface area contributed by atoms with Gasteiger partial charge in [0.05, 0.1) is 26.1 Å². The Kier molecular flexibility index (Phi) is 6.23. The zero-order valence-corrected chi connectivity index (χ0v) is 20.1. The minimum atomic E-state index is -0.385. The minimum absolute atomic E-state index is 0.235. The molecule has 2 N–H and O–H groups in total. The Balaban J connectivity index is 1.60. The molecule has 10 heteroatoms. The van der Waals surface area contributed by atoms with E-state index in [0.29, 0.717) is 35.1 Å². The van der Waals surface area contributed by atoms with E-state index in [9.17, 15) is 4.79 Å². The van der Waals surface area contributed by atoms with Gasteiger partial charge >= 0.3 is 0 Å². The molecule has 5 rings (SSSR count). The molecule has 182 valence electrons. The van der Waals surface area contributed by atoms with Crippen LogP contribution in [0.2, 0.25) is 0 Å². The number of fused-ring (bicyclic) bond motifs is 1. The Morgan fingerprint density at radius 3 is 2.50 bits per heavy atom. The van der Waals surface area contributed by atoms with Gasteiger partial charge in [0.25, 0.3) is 5.91 Å². The fourth-order valence-corrected chi connectivity index (χ4v) is 4.05. The fourth-order valence-electron chi connectivity index (χ4n) is 4.05. The normalized spacial score (nSPS) is 10.9. The van der Waals surface area contributed by atoms with Crippen LogP contribution >= 0.6 is 0 Å². The summed E-state index contributed by atoms with van der Waals surface area (Å²) in [6.45, 7) is 0.563. The minimum Gasteiger partial charge on any atom is -0.497 e. The molecule has 0 aliphatic rings. The smallest absolute Gasteiger partial charge is 0.278 e. The first-order valence-corrected chi connectivity index (χ1v) is 11.2. The van der Waals surface area contributed by atoms with Gasteiger partial charge in [-0.2, -0.15) is 10.2 Å². The molecule has 0 spiro atoms. The number of hydrogen-bond acceptors (Lipinski definition) is 7. The summed E-state index contributed by atoms with van der Waals surface area (Å²) in [4.78, 5) is 20.2. The van der Waals surface area contributed by atoms with Gasteiger partial charge in [0.1, 0.15) is 17.2 Å². The van der Waals surface area contributed by atoms with Crippen LogP contribution in [-0.4, -0.2) is 52.0 Å². The Morgan fingerprint density at radius 2 is 1.83 bits per heavy atom. The number of nitrogens with zero attached hydrogens (tertiary/aromatic N) is 5. The number of aromatic amines is 1. The third kappa shape index (κ3) is 4.43. The summed E-state index contributed by atoms with van der Waals surface area (Å²) in [6, 6.07) is 17.0. The van der Waals surface area contributed by atoms with Crippen molar-refractivity contribution in [1.82, 2.24) is 24.8 Å². The first-order chi connectivity index (χ1) is 17.6. The molecule has 0 aliphatic heterocycles. The Morgan fingerprint density at radius 1 is 1.08 bits per heavy atom. The predicted octanol–water partition coefficient (Wildman–Crippen LogP) is 4.03. The third-order valence-corrected chi connectivity index (χ3v) is 5.76. The summed E-state index contributed by atoms with van der Waals surface area (Å²) >= 11 is 0. The van der Waals surface area contributed by atoms with Crippen molar-refractivity contribution < 1.29 is 14.3 Å². The SMILES string of the molecule is COc1cc(NC(=O)c2nn3c(-c4cn[nH]c4)ccnc3c2N(C)Cc2ccccc2)cc(OC)c1. The summed E-state index contributed by atoms with van der Waals surface area (Å²) in [7, 11) is 5.03. The number of aromatic nitrogens is 5. The first-order valence-electron chi connectivity index (χ1n) is 11.2. The van der Waals surface area contributed by atoms with E-state index in [1.54, 1.807) is 55.5 Å². The van der Waals surface area contributed by atoms with Crippen molar-refractivity contribution in [2.24, 2.45) is 0 Å². The number of carbonyl (C=O) groups is 1. The molecule has 2 aromatic carbocycles. The molecule has 0 saturated carbocycles. The third-order valence-electron chi connectivity index (χ3n) is 5.76. The zero-order chi connectivity index (χ0) is 25.1. The molecule has 0 bridgehead atoms. The molecular weight excluding hydrogens is 458 g/mol. The highest BCUT2D eigenvalue weighted by Gasteiger charge is 2.25. The van der Waals surface area contributed by atoms with Crippen molar-refractivity contribution >= 4 is 22.9 Å². The Labute approximate surface area is 207 Å². The van der Waals surface area contributed by atoms with Crippen molar-refractivity contribution in [2.75, 3.05) is 31.5 Å². The molecule has 0 unspecified atom stereocenters. The van der Waals surface area contributed by atoms with Crippen LogP contribution in [0.3, 0.4) is 0 Å². The topological polar surface area (TPSA) is 110 Å². The average molecular weight is 484 g/mol. The first kappa shape index (κ1) is 22.9. The van der Waals surface area contributed by atoms with E-state index >= 15 is 0 Å². The van der Waals surface area contributed by atoms with E-state index in [1.165, 1.54) is 0 Å². The highest BCUT2D eigenvalue weighted by atomic mass is 16.5. The molecule has 0 fully saturated rings. The van der Waals surface area contributed by atoms with Crippen molar-refractivity contribution in [3.05, 3.63) is 84.4 Å². The van der Waals surface area contributed by atoms with Crippen molar-refractivity contribution in [3.63, 3.8) is 0 Å². The number of ether oxygens (including phenoxy) is 2. The number of H-pyrrole nitrogens is 1. The zero-order valence-electron chi connectivity index (χ0n) is 20.1. The van der Waals surface area contributed by atoms with Gasteiger partial charge in [0.2, 0.25) is 0 Å². The molecule has 10 nitrogen and oxygen atoms in total. The van der Waals surface area contributed by atoms with E-state index in [0.717, 1.165) is 16.8 Å². The monoisotopic (exact) mass is 483 g/mol. The van der Waals surface area contributed by atoms with Gasteiger partial charge in [0.15, 0.2) is 11.3 Å². The van der Waals surface area contributed by atoms with Crippen molar-refractivity contribution in [1.29, 1.82) is 0 Å². The summed E-state index contributed by atoms with van der Waals surface area (Å²) < 4.78 is 12.3. The number of methoxy groups -OCH3 is 2. The average Bonchev–Trinajstić information content (AvgIpc) is 3.57. The lowest BCUT2D eigenvalue weighted by Gasteiger charge is -2.19. The van der Waals surface area contributed by atoms with Crippen LogP contribution in [0.25, 0.3) is 16.9 Å². The summed E-state index contributed by atoms with van der Waals surface area (Å²) in [6.07, 6.45) is 5.17. The van der Waals surface area contributed by atoms with Crippen molar-refractivity contribution in [2.45, 2.75) is 6.54 Å². The quantitative estimate of drug-likeness (QED) is 0.343. The Bertz CT molecular complexity index is 1480. The molecule has 5 aromatic rings. The maximum atomic E-state index is 13.6. The van der Waals surface area contributed by atoms with E-state index in [4.69, 9.17) is 14.6 Å². The summed E-state index contributed by atoms with van der Waals surface area (Å²) in [5.74, 6) is 0.735. The summed E-state index contributed by atoms with van der Waals surface area (Å²) in [5.41, 5.74) is 4.59. The lowest BCUT2D eigenvalue weighted by Crippen LogP contribution is -2.21. The van der Waals surface area contributed by atoms with Crippen LogP contribution in [-0.2, 0) is 6.54 Å². The number of anilines is 2. The lowest BCUT2D eigenvalue weighted by molar-refractivity contribution is 0.102. The molecule has 36 heavy (non-hydrogen) atoms. The van der Waals surface area contributed by atoms with Crippen LogP contribution in [0.4, 0.5) is 11.4 Å². The number of amides is 1. The molecule has 0 radical (unpaired) electrons. The number of nitrogens with one attached hydrogen (secondary N) is 2. The maximum absolute atomic E-state index is 13.6. The molecule has 0 atom stereocenters. The van der Waals surface area contributed by atoms with E-state index in [-0.39, 0.29) is 11.6 Å². The number of hydrogen-bond donors (Lipinski definition) is 2. The van der Waals surface area contributed by atoms with Gasteiger partial charge in [-0.1, -0.05) is 30.3 Å². The van der Waals surface area contributed by atoms with Gasteiger partial charge in [-0.15, -0.1) is 0 Å². The predicted molar refractivity (Wildman–Crippen MR) is 137 cm³/mol. The second-order valence-corrected chi connectivity index (χ2v) is 8.15. The van der Waals surface area contributed by atoms with Crippen LogP contribution in [0.1, 0.15) is 16.1 Å². The van der Waals surface area contributed by atoms with Gasteiger partial charge < -0.3 is 19.7 Å². The van der Waals surface area contributed by atoms with Crippen LogP contribution in [0.15, 0.2) is 73.2 Å². The van der Waals surface area contributed by atoms with Crippen LogP contribution in [0, 0.1) is 0 Å². The van der Waals surface area contributed by atoms with E-state index < -0.39 is 0 Å². The molecular formula is C26H25N7O3. The largest absolute Gasteiger partial charge is 0.497 e. The highest BCUT2D eigenvalue weighted by molar-refractivity contribution is 6.09. The van der Waals surface area contributed by atoms with Gasteiger partial charge in [-0.3, -0.25) is 9.89 Å². The molecule has 3 heterocycles. The van der Waals surface area contributed by atoms with Gasteiger partial charge in [-0.05, 0) is 11.6 Å². The summed E-state index contributed by atoms with van der Waals surface area (Å²) in [5, 5.41) is 14.5. The molecule has 0 aliphatic carbocycles. The lowest BCUT2D eigenvalue weighted by atomic mass is 10.2. The van der Waals surface area contributed by atoms with Gasteiger partial charge in [-0.25, -0.2) is 9.50 Å². The molecule has 3 aromatic heterocycles. The highest BCUT2D eigenvalue weighted by Crippen LogP contribution is 2.31. The second kappa shape index (κ2) is 9.79. The maximum Gasteiger partial charge on any atom is 0.278 e. The number of benzene rings is 2. The van der Waals surface area contributed by atoms with Crippen LogP contribution < -0.4 is 19.7 Å². The van der Waals surface area contributed by atoms with Crippen LogP contribution in [0.5, 0.6) is 11.5 Å². The molecule has 0 saturated heterocycles. The number of carbonyl (C=O) groups excluding carboxylic acids is 1. The van der Waals surface area contributed by atoms with E-state index in [1.807, 2.05) is 48.3 Å². The standard InChI is InChI=1S/C26H25N7O3/c1-32(16-17-7-5-4-6-8-17)24-23(26(34)30-19-11-20(35-2)13-21(12-19)36-3)31-33-22(9-10-27-25(24)33)18-14-28-29-15-18/h4-15H,16H2,1-3H3,(H,28,29)(H,30,34). The second-order valence-electron chi connectivity index (χ2n) is 8.15. The number of rotatable bonds is 8. The fraction of sp³-hybridized carbons (Fsp3) is 0.154. The molecule has 1 amide bonds. The van der Waals surface area contributed by atoms with Gasteiger partial charge in [0, 0.05) is 55.4 Å². The Hall–Kier alpha value is -4.86. The van der Waals surface area contributed by atoms with E-state index in [2.05, 4.69) is 20.5 Å². The van der Waals surface area contributed by atoms with Crippen molar-refractivity contribution in [3.8, 4) is 22.8 Å².